The minimum absolute atomic E-state index is 0.00522. The van der Waals surface area contributed by atoms with Crippen molar-refractivity contribution >= 4 is 17.7 Å². The minimum Gasteiger partial charge on any atom is -0.497 e. The summed E-state index contributed by atoms with van der Waals surface area (Å²) in [5, 5.41) is 3.07. The first-order chi connectivity index (χ1) is 17.0. The summed E-state index contributed by atoms with van der Waals surface area (Å²) < 4.78 is 5.18. The normalized spacial score (nSPS) is 17.5. The van der Waals surface area contributed by atoms with E-state index in [0.717, 1.165) is 37.9 Å². The second-order valence-electron chi connectivity index (χ2n) is 9.56. The lowest BCUT2D eigenvalue weighted by molar-refractivity contribution is -0.136. The van der Waals surface area contributed by atoms with Crippen molar-refractivity contribution in [3.05, 3.63) is 65.2 Å². The lowest BCUT2D eigenvalue weighted by atomic mass is 9.87. The van der Waals surface area contributed by atoms with Crippen LogP contribution in [0.4, 0.5) is 0 Å². The summed E-state index contributed by atoms with van der Waals surface area (Å²) in [7, 11) is 1.60. The van der Waals surface area contributed by atoms with E-state index in [0.29, 0.717) is 42.8 Å². The van der Waals surface area contributed by atoms with Gasteiger partial charge in [-0.25, -0.2) is 0 Å². The van der Waals surface area contributed by atoms with Gasteiger partial charge in [0.2, 0.25) is 5.91 Å². The summed E-state index contributed by atoms with van der Waals surface area (Å²) in [5.74, 6) is 0.460. The van der Waals surface area contributed by atoms with Crippen molar-refractivity contribution in [3.8, 4) is 5.75 Å². The number of ether oxygens (including phenoxy) is 1. The lowest BCUT2D eigenvalue weighted by Crippen LogP contribution is -2.55. The number of hydrogen-bond donors (Lipinski definition) is 1. The molecule has 0 aliphatic carbocycles. The van der Waals surface area contributed by atoms with Crippen LogP contribution in [0, 0.1) is 12.8 Å². The Bertz CT molecular complexity index is 1040. The average Bonchev–Trinajstić information content (AvgIpc) is 2.91. The largest absolute Gasteiger partial charge is 0.497 e. The van der Waals surface area contributed by atoms with Crippen LogP contribution in [0.5, 0.6) is 5.75 Å². The highest BCUT2D eigenvalue weighted by atomic mass is 16.5. The molecule has 2 aliphatic heterocycles. The number of nitrogens with one attached hydrogen (secondary N) is 1. The van der Waals surface area contributed by atoms with Crippen LogP contribution in [-0.4, -0.2) is 66.9 Å². The van der Waals surface area contributed by atoms with E-state index in [1.807, 2.05) is 34.9 Å². The van der Waals surface area contributed by atoms with E-state index in [9.17, 15) is 14.4 Å². The summed E-state index contributed by atoms with van der Waals surface area (Å²) in [6.07, 6.45) is 4.47. The van der Waals surface area contributed by atoms with Gasteiger partial charge in [-0.2, -0.15) is 0 Å². The summed E-state index contributed by atoms with van der Waals surface area (Å²) in [6.45, 7) is 4.54. The molecule has 35 heavy (non-hydrogen) atoms. The monoisotopic (exact) mass is 477 g/mol. The molecule has 0 aromatic heterocycles. The Morgan fingerprint density at radius 3 is 2.20 bits per heavy atom. The van der Waals surface area contributed by atoms with Gasteiger partial charge in [-0.05, 0) is 81.3 Å². The highest BCUT2D eigenvalue weighted by Crippen LogP contribution is 2.25. The van der Waals surface area contributed by atoms with Gasteiger partial charge in [-0.1, -0.05) is 17.7 Å². The molecule has 2 aromatic carbocycles. The van der Waals surface area contributed by atoms with E-state index in [-0.39, 0.29) is 23.6 Å². The second kappa shape index (κ2) is 11.4. The molecule has 186 valence electrons. The fourth-order valence-corrected chi connectivity index (χ4v) is 5.06. The molecule has 0 bridgehead atoms. The Labute approximate surface area is 207 Å². The summed E-state index contributed by atoms with van der Waals surface area (Å²) in [6, 6.07) is 14.0. The molecule has 4 rings (SSSR count). The molecule has 1 atom stereocenters. The van der Waals surface area contributed by atoms with E-state index in [1.54, 1.807) is 37.4 Å². The molecule has 0 radical (unpaired) electrons. The average molecular weight is 478 g/mol. The topological polar surface area (TPSA) is 79.0 Å². The van der Waals surface area contributed by atoms with Crippen LogP contribution in [0.2, 0.25) is 0 Å². The molecular weight excluding hydrogens is 442 g/mol. The first-order valence-electron chi connectivity index (χ1n) is 12.6. The van der Waals surface area contributed by atoms with Crippen molar-refractivity contribution in [2.24, 2.45) is 5.92 Å². The van der Waals surface area contributed by atoms with E-state index in [2.05, 4.69) is 5.32 Å². The highest BCUT2D eigenvalue weighted by molar-refractivity contribution is 5.98. The maximum atomic E-state index is 13.5. The maximum absolute atomic E-state index is 13.5. The number of rotatable bonds is 6. The second-order valence-corrected chi connectivity index (χ2v) is 9.56. The molecule has 3 amide bonds. The molecule has 0 spiro atoms. The van der Waals surface area contributed by atoms with Crippen LogP contribution in [0.25, 0.3) is 0 Å². The molecule has 0 unspecified atom stereocenters. The third-order valence-electron chi connectivity index (χ3n) is 7.14. The first-order valence-corrected chi connectivity index (χ1v) is 12.6. The minimum atomic E-state index is -0.584. The Hall–Kier alpha value is -3.35. The predicted octanol–water partition coefficient (Wildman–Crippen LogP) is 3.67. The zero-order valence-corrected chi connectivity index (χ0v) is 20.7. The number of nitrogens with zero attached hydrogens (tertiary/aromatic N) is 2. The van der Waals surface area contributed by atoms with Gasteiger partial charge in [0.25, 0.3) is 11.8 Å². The Kier molecular flexibility index (Phi) is 8.06. The van der Waals surface area contributed by atoms with Gasteiger partial charge in [0, 0.05) is 37.3 Å². The van der Waals surface area contributed by atoms with Crippen molar-refractivity contribution in [1.29, 1.82) is 0 Å². The number of aryl methyl sites for hydroxylation is 1. The quantitative estimate of drug-likeness (QED) is 0.689. The van der Waals surface area contributed by atoms with Crippen LogP contribution < -0.4 is 10.1 Å². The fourth-order valence-electron chi connectivity index (χ4n) is 5.06. The van der Waals surface area contributed by atoms with Crippen molar-refractivity contribution in [3.63, 3.8) is 0 Å². The van der Waals surface area contributed by atoms with Crippen LogP contribution in [0.3, 0.4) is 0 Å². The third-order valence-corrected chi connectivity index (χ3v) is 7.14. The smallest absolute Gasteiger partial charge is 0.253 e. The third kappa shape index (κ3) is 6.02. The van der Waals surface area contributed by atoms with Gasteiger partial charge in [-0.3, -0.25) is 14.4 Å². The van der Waals surface area contributed by atoms with Gasteiger partial charge in [0.05, 0.1) is 7.11 Å². The number of benzene rings is 2. The summed E-state index contributed by atoms with van der Waals surface area (Å²) in [4.78, 5) is 43.4. The van der Waals surface area contributed by atoms with E-state index >= 15 is 0 Å². The van der Waals surface area contributed by atoms with Crippen LogP contribution >= 0.6 is 0 Å². The SMILES string of the molecule is COc1ccc(C(=O)N2CCC([C@@H](NC(=O)c3cccc(C)c3)C(=O)N3CCCCC3)CC2)cc1. The zero-order valence-electron chi connectivity index (χ0n) is 20.7. The molecule has 0 saturated carbocycles. The van der Waals surface area contributed by atoms with E-state index in [4.69, 9.17) is 4.74 Å². The number of amides is 3. The summed E-state index contributed by atoms with van der Waals surface area (Å²) in [5.41, 5.74) is 2.19. The van der Waals surface area contributed by atoms with Crippen molar-refractivity contribution in [1.82, 2.24) is 15.1 Å². The molecule has 2 aromatic rings. The van der Waals surface area contributed by atoms with E-state index in [1.165, 1.54) is 0 Å². The first kappa shape index (κ1) is 24.8. The van der Waals surface area contributed by atoms with Crippen LogP contribution in [0.1, 0.15) is 58.4 Å². The molecule has 2 aliphatic rings. The van der Waals surface area contributed by atoms with Crippen LogP contribution in [0.15, 0.2) is 48.5 Å². The van der Waals surface area contributed by atoms with Crippen LogP contribution in [-0.2, 0) is 4.79 Å². The Morgan fingerprint density at radius 2 is 1.57 bits per heavy atom. The number of likely N-dealkylation sites (tertiary alicyclic amines) is 2. The molecule has 1 N–H and O–H groups in total. The highest BCUT2D eigenvalue weighted by Gasteiger charge is 2.36. The molecule has 2 saturated heterocycles. The molecule has 2 heterocycles. The molecule has 2 fully saturated rings. The maximum Gasteiger partial charge on any atom is 0.253 e. The Morgan fingerprint density at radius 1 is 0.886 bits per heavy atom. The number of methoxy groups -OCH3 is 1. The van der Waals surface area contributed by atoms with Crippen molar-refractivity contribution in [2.75, 3.05) is 33.3 Å². The van der Waals surface area contributed by atoms with E-state index < -0.39 is 6.04 Å². The molecular formula is C28H35N3O4. The number of carbonyl (C=O) groups is 3. The zero-order chi connectivity index (χ0) is 24.8. The lowest BCUT2D eigenvalue weighted by Gasteiger charge is -2.38. The van der Waals surface area contributed by atoms with Gasteiger partial charge in [0.15, 0.2) is 0 Å². The number of carbonyl (C=O) groups excluding carboxylic acids is 3. The van der Waals surface area contributed by atoms with Crippen molar-refractivity contribution in [2.45, 2.75) is 45.1 Å². The number of hydrogen-bond acceptors (Lipinski definition) is 4. The predicted molar refractivity (Wildman–Crippen MR) is 134 cm³/mol. The fraction of sp³-hybridized carbons (Fsp3) is 0.464. The Balaban J connectivity index is 1.45. The molecule has 7 nitrogen and oxygen atoms in total. The van der Waals surface area contributed by atoms with Gasteiger partial charge >= 0.3 is 0 Å². The standard InChI is InChI=1S/C28H35N3O4/c1-20-7-6-8-23(19-20)26(32)29-25(28(34)30-15-4-3-5-16-30)21-13-17-31(18-14-21)27(33)22-9-11-24(35-2)12-10-22/h6-12,19,21,25H,3-5,13-18H2,1-2H3,(H,29,32)/t25-/m1/s1. The summed E-state index contributed by atoms with van der Waals surface area (Å²) >= 11 is 0. The molecule has 7 heteroatoms. The van der Waals surface area contributed by atoms with Gasteiger partial charge in [0.1, 0.15) is 11.8 Å². The van der Waals surface area contributed by atoms with Gasteiger partial charge < -0.3 is 19.9 Å². The van der Waals surface area contributed by atoms with Gasteiger partial charge in [-0.15, -0.1) is 0 Å². The van der Waals surface area contributed by atoms with Crippen molar-refractivity contribution < 1.29 is 19.1 Å². The number of piperidine rings is 2.